The molecule has 1 heterocycles. The molecule has 126 valence electrons. The van der Waals surface area contributed by atoms with Crippen molar-refractivity contribution >= 4 is 17.6 Å². The first-order chi connectivity index (χ1) is 11.1. The molecule has 6 heteroatoms. The van der Waals surface area contributed by atoms with Crippen LogP contribution < -0.4 is 0 Å². The first-order valence-electron chi connectivity index (χ1n) is 7.26. The molecule has 2 aromatic carbocycles. The second kappa shape index (κ2) is 5.24. The number of carbonyl (C=O) groups is 1. The Morgan fingerprint density at radius 1 is 0.958 bits per heavy atom. The van der Waals surface area contributed by atoms with Gasteiger partial charge in [0, 0.05) is 10.6 Å². The van der Waals surface area contributed by atoms with Gasteiger partial charge in [-0.05, 0) is 31.5 Å². The number of aryl methyl sites for hydroxylation is 1. The van der Waals surface area contributed by atoms with Crippen LogP contribution in [0.3, 0.4) is 0 Å². The minimum atomic E-state index is -4.78. The van der Waals surface area contributed by atoms with Crippen LogP contribution in [0.1, 0.15) is 23.6 Å². The van der Waals surface area contributed by atoms with Crippen molar-refractivity contribution in [3.8, 4) is 0 Å². The van der Waals surface area contributed by atoms with E-state index in [0.29, 0.717) is 5.02 Å². The van der Waals surface area contributed by atoms with Crippen LogP contribution in [0.5, 0.6) is 0 Å². The van der Waals surface area contributed by atoms with Gasteiger partial charge in [0.1, 0.15) is 5.41 Å². The lowest BCUT2D eigenvalue weighted by Gasteiger charge is -2.55. The van der Waals surface area contributed by atoms with E-state index < -0.39 is 23.2 Å². The van der Waals surface area contributed by atoms with Gasteiger partial charge in [0.2, 0.25) is 0 Å². The molecule has 1 saturated heterocycles. The lowest BCUT2D eigenvalue weighted by Crippen LogP contribution is -2.72. The van der Waals surface area contributed by atoms with Crippen LogP contribution in [0.4, 0.5) is 13.2 Å². The Labute approximate surface area is 142 Å². The van der Waals surface area contributed by atoms with Crippen molar-refractivity contribution in [1.82, 2.24) is 0 Å². The topological polar surface area (TPSA) is 26.3 Å². The number of hydrogen-bond acceptors (Lipinski definition) is 2. The zero-order valence-corrected chi connectivity index (χ0v) is 13.7. The Balaban J connectivity index is 2.24. The Kier molecular flexibility index (Phi) is 3.68. The van der Waals surface area contributed by atoms with Gasteiger partial charge in [0.25, 0.3) is 5.60 Å². The maximum absolute atomic E-state index is 14.1. The molecule has 0 aliphatic carbocycles. The highest BCUT2D eigenvalue weighted by Gasteiger charge is 2.80. The van der Waals surface area contributed by atoms with Gasteiger partial charge in [-0.15, -0.1) is 0 Å². The molecule has 0 aromatic heterocycles. The Morgan fingerprint density at radius 2 is 1.46 bits per heavy atom. The molecule has 2 nitrogen and oxygen atoms in total. The minimum absolute atomic E-state index is 0.151. The van der Waals surface area contributed by atoms with Gasteiger partial charge in [-0.1, -0.05) is 53.6 Å². The molecule has 24 heavy (non-hydrogen) atoms. The smallest absolute Gasteiger partial charge is 0.434 e. The molecule has 0 amide bonds. The molecule has 1 aliphatic heterocycles. The highest BCUT2D eigenvalue weighted by molar-refractivity contribution is 6.30. The number of alkyl halides is 3. The maximum Gasteiger partial charge on any atom is 0.434 e. The van der Waals surface area contributed by atoms with Crippen molar-refractivity contribution in [1.29, 1.82) is 0 Å². The van der Waals surface area contributed by atoms with E-state index in [4.69, 9.17) is 16.3 Å². The van der Waals surface area contributed by atoms with E-state index in [0.717, 1.165) is 5.56 Å². The van der Waals surface area contributed by atoms with Gasteiger partial charge in [0.05, 0.1) is 0 Å². The van der Waals surface area contributed by atoms with Crippen molar-refractivity contribution in [2.24, 2.45) is 0 Å². The summed E-state index contributed by atoms with van der Waals surface area (Å²) in [5, 5.41) is 0.304. The number of hydrogen-bond donors (Lipinski definition) is 0. The largest absolute Gasteiger partial charge is 0.442 e. The van der Waals surface area contributed by atoms with Crippen LogP contribution in [-0.4, -0.2) is 12.1 Å². The highest BCUT2D eigenvalue weighted by Crippen LogP contribution is 2.62. The number of rotatable bonds is 2. The second-order valence-electron chi connectivity index (χ2n) is 6.07. The van der Waals surface area contributed by atoms with Gasteiger partial charge in [-0.3, -0.25) is 4.79 Å². The summed E-state index contributed by atoms with van der Waals surface area (Å²) in [5.74, 6) is -0.904. The molecule has 2 atom stereocenters. The van der Waals surface area contributed by atoms with Crippen LogP contribution >= 0.6 is 11.6 Å². The summed E-state index contributed by atoms with van der Waals surface area (Å²) in [5.41, 5.74) is -3.61. The van der Waals surface area contributed by atoms with E-state index in [9.17, 15) is 18.0 Å². The van der Waals surface area contributed by atoms with Crippen molar-refractivity contribution in [3.63, 3.8) is 0 Å². The monoisotopic (exact) mass is 354 g/mol. The van der Waals surface area contributed by atoms with E-state index in [-0.39, 0.29) is 11.1 Å². The SMILES string of the molecule is Cc1ccc([C@]2(C)C(=O)O[C@]2(c2ccc(Cl)cc2)C(F)(F)F)cc1. The van der Waals surface area contributed by atoms with E-state index in [1.54, 1.807) is 12.1 Å². The van der Waals surface area contributed by atoms with Gasteiger partial charge in [-0.25, -0.2) is 0 Å². The van der Waals surface area contributed by atoms with Crippen LogP contribution in [0.25, 0.3) is 0 Å². The van der Waals surface area contributed by atoms with E-state index in [1.807, 2.05) is 6.92 Å². The number of halogens is 4. The lowest BCUT2D eigenvalue weighted by atomic mass is 9.60. The molecule has 0 radical (unpaired) electrons. The zero-order chi connectivity index (χ0) is 17.8. The quantitative estimate of drug-likeness (QED) is 0.715. The van der Waals surface area contributed by atoms with Crippen LogP contribution in [0.2, 0.25) is 5.02 Å². The van der Waals surface area contributed by atoms with Gasteiger partial charge < -0.3 is 4.74 Å². The molecule has 0 N–H and O–H groups in total. The summed E-state index contributed by atoms with van der Waals surface area (Å²) in [6, 6.07) is 11.6. The third kappa shape index (κ3) is 2.07. The molecule has 1 fully saturated rings. The fourth-order valence-corrected chi connectivity index (χ4v) is 3.31. The van der Waals surface area contributed by atoms with E-state index >= 15 is 0 Å². The summed E-state index contributed by atoms with van der Waals surface area (Å²) < 4.78 is 47.0. The van der Waals surface area contributed by atoms with E-state index in [1.165, 1.54) is 43.3 Å². The van der Waals surface area contributed by atoms with Gasteiger partial charge in [-0.2, -0.15) is 13.2 Å². The molecule has 3 rings (SSSR count). The minimum Gasteiger partial charge on any atom is -0.442 e. The number of esters is 1. The average molecular weight is 355 g/mol. The highest BCUT2D eigenvalue weighted by atomic mass is 35.5. The average Bonchev–Trinajstić information content (AvgIpc) is 2.52. The van der Waals surface area contributed by atoms with Crippen molar-refractivity contribution < 1.29 is 22.7 Å². The fourth-order valence-electron chi connectivity index (χ4n) is 3.19. The summed E-state index contributed by atoms with van der Waals surface area (Å²) in [4.78, 5) is 12.2. The first-order valence-corrected chi connectivity index (χ1v) is 7.64. The third-order valence-electron chi connectivity index (χ3n) is 4.64. The van der Waals surface area contributed by atoms with Gasteiger partial charge >= 0.3 is 12.1 Å². The predicted molar refractivity (Wildman–Crippen MR) is 83.8 cm³/mol. The zero-order valence-electron chi connectivity index (χ0n) is 12.9. The number of carbonyl (C=O) groups excluding carboxylic acids is 1. The Morgan fingerprint density at radius 3 is 1.92 bits per heavy atom. The number of cyclic esters (lactones) is 1. The van der Waals surface area contributed by atoms with Gasteiger partial charge in [0.15, 0.2) is 0 Å². The molecule has 0 saturated carbocycles. The first kappa shape index (κ1) is 16.8. The normalized spacial score (nSPS) is 26.7. The predicted octanol–water partition coefficient (Wildman–Crippen LogP) is 4.92. The van der Waals surface area contributed by atoms with Crippen LogP contribution in [0, 0.1) is 6.92 Å². The van der Waals surface area contributed by atoms with Crippen molar-refractivity contribution in [3.05, 3.63) is 70.2 Å². The number of ether oxygens (including phenoxy) is 1. The summed E-state index contributed by atoms with van der Waals surface area (Å²) in [6.07, 6.45) is -4.78. The molecule has 0 spiro atoms. The Bertz CT molecular complexity index is 783. The third-order valence-corrected chi connectivity index (χ3v) is 4.89. The summed E-state index contributed by atoms with van der Waals surface area (Å²) in [6.45, 7) is 3.09. The van der Waals surface area contributed by atoms with Crippen molar-refractivity contribution in [2.45, 2.75) is 31.0 Å². The molecule has 1 aliphatic rings. The van der Waals surface area contributed by atoms with E-state index in [2.05, 4.69) is 0 Å². The van der Waals surface area contributed by atoms with Crippen molar-refractivity contribution in [2.75, 3.05) is 0 Å². The Hall–Kier alpha value is -2.01. The molecular formula is C18H14ClF3O2. The molecule has 2 aromatic rings. The summed E-state index contributed by atoms with van der Waals surface area (Å²) in [7, 11) is 0. The van der Waals surface area contributed by atoms with Crippen LogP contribution in [0.15, 0.2) is 48.5 Å². The lowest BCUT2D eigenvalue weighted by molar-refractivity contribution is -0.337. The molecule has 0 bridgehead atoms. The fraction of sp³-hybridized carbons (Fsp3) is 0.278. The van der Waals surface area contributed by atoms with Crippen LogP contribution in [-0.2, 0) is 20.5 Å². The molecule has 0 unspecified atom stereocenters. The molecular weight excluding hydrogens is 341 g/mol. The maximum atomic E-state index is 14.1. The number of benzene rings is 2. The summed E-state index contributed by atoms with van der Waals surface area (Å²) >= 11 is 5.78. The standard InChI is InChI=1S/C18H14ClF3O2/c1-11-3-5-12(6-4-11)16(2)15(23)24-17(16,18(20,21)22)13-7-9-14(19)10-8-13/h3-10H,1-2H3/t16-,17+/m1/s1. The second-order valence-corrected chi connectivity index (χ2v) is 6.50.